The Kier molecular flexibility index (Phi) is 13.7. The van der Waals surface area contributed by atoms with Crippen molar-refractivity contribution in [2.75, 3.05) is 49.1 Å². The minimum absolute atomic E-state index is 0.0330. The predicted octanol–water partition coefficient (Wildman–Crippen LogP) is 0.243. The first-order chi connectivity index (χ1) is 23.8. The molecule has 2 fully saturated rings. The Hall–Kier alpha value is -4.08. The van der Waals surface area contributed by atoms with E-state index in [0.29, 0.717) is 70.3 Å². The molecule has 2 amide bonds. The lowest BCUT2D eigenvalue weighted by Gasteiger charge is -2.41. The molecule has 3 heterocycles. The van der Waals surface area contributed by atoms with Crippen molar-refractivity contribution >= 4 is 23.5 Å². The molecule has 0 spiro atoms. The quantitative estimate of drug-likeness (QED) is 0.125. The molecule has 0 aliphatic carbocycles. The molecule has 0 radical (unpaired) electrons. The van der Waals surface area contributed by atoms with Crippen LogP contribution >= 0.6 is 0 Å². The number of aromatic nitrogens is 2. The van der Waals surface area contributed by atoms with Gasteiger partial charge in [-0.3, -0.25) is 9.59 Å². The van der Waals surface area contributed by atoms with Gasteiger partial charge in [0, 0.05) is 45.2 Å². The zero-order chi connectivity index (χ0) is 36.4. The Balaban J connectivity index is 1.25. The summed E-state index contributed by atoms with van der Waals surface area (Å²) in [7, 11) is 0. The van der Waals surface area contributed by atoms with Crippen molar-refractivity contribution in [3.05, 3.63) is 47.3 Å². The van der Waals surface area contributed by atoms with Crippen LogP contribution < -0.4 is 20.4 Å². The first kappa shape index (κ1) is 38.7. The van der Waals surface area contributed by atoms with Crippen molar-refractivity contribution < 1.29 is 48.3 Å². The van der Waals surface area contributed by atoms with Gasteiger partial charge in [0.05, 0.1) is 24.3 Å². The molecule has 1 aromatic heterocycles. The van der Waals surface area contributed by atoms with Gasteiger partial charge in [-0.05, 0) is 62.1 Å². The van der Waals surface area contributed by atoms with Crippen molar-refractivity contribution in [3.8, 4) is 6.07 Å². The van der Waals surface area contributed by atoms with E-state index in [1.807, 2.05) is 6.07 Å². The number of nitriles is 1. The maximum absolute atomic E-state index is 13.9. The fraction of sp³-hybridized carbons (Fsp3) is 0.606. The summed E-state index contributed by atoms with van der Waals surface area (Å²) in [5, 5.41) is 62.0. The molecule has 4 rings (SSSR count). The van der Waals surface area contributed by atoms with E-state index in [0.717, 1.165) is 5.56 Å². The second-order valence-corrected chi connectivity index (χ2v) is 12.7. The van der Waals surface area contributed by atoms with Crippen LogP contribution in [0.4, 0.5) is 24.8 Å². The number of alkyl halides is 3. The van der Waals surface area contributed by atoms with Gasteiger partial charge in [-0.2, -0.15) is 18.4 Å². The van der Waals surface area contributed by atoms with Gasteiger partial charge in [0.1, 0.15) is 36.0 Å². The van der Waals surface area contributed by atoms with Crippen LogP contribution in [0.3, 0.4) is 0 Å². The maximum atomic E-state index is 13.9. The first-order valence-electron chi connectivity index (χ1n) is 16.6. The fourth-order valence-electron chi connectivity index (χ4n) is 5.98. The van der Waals surface area contributed by atoms with Gasteiger partial charge in [-0.1, -0.05) is 12.1 Å². The topological polar surface area (TPSA) is 215 Å². The number of aliphatic hydroxyl groups is 5. The van der Waals surface area contributed by atoms with Crippen LogP contribution in [0, 0.1) is 17.2 Å². The van der Waals surface area contributed by atoms with Gasteiger partial charge < -0.3 is 46.0 Å². The van der Waals surface area contributed by atoms with Crippen molar-refractivity contribution in [1.29, 1.82) is 5.26 Å². The highest BCUT2D eigenvalue weighted by molar-refractivity contribution is 5.86. The monoisotopic (exact) mass is 707 g/mol. The standard InChI is InChI=1S/C33H44F3N7O7/c34-33(35,36)32-40-26(16-27(41-32)43-15-11-23(43)31(50)38-12-8-21-4-6-22(17-37)7-5-21)42-13-9-20(10-14-42)2-1-3-28(47)39-18-24(45)29(48)30(49)25(46)19-44/h4-7,16,20,23-25,29-30,44-46,48-49H,1-3,8-15,18-19H2,(H,38,50)(H,39,47)/t23?,24-,25+,29+,30+/m1/s1. The van der Waals surface area contributed by atoms with Gasteiger partial charge in [0.25, 0.3) is 0 Å². The van der Waals surface area contributed by atoms with Crippen LogP contribution in [-0.4, -0.2) is 117 Å². The van der Waals surface area contributed by atoms with E-state index in [2.05, 4.69) is 20.6 Å². The third kappa shape index (κ3) is 10.5. The minimum Gasteiger partial charge on any atom is -0.394 e. The van der Waals surface area contributed by atoms with Crippen LogP contribution in [0.15, 0.2) is 30.3 Å². The van der Waals surface area contributed by atoms with Crippen LogP contribution in [0.1, 0.15) is 55.5 Å². The van der Waals surface area contributed by atoms with Gasteiger partial charge >= 0.3 is 6.18 Å². The third-order valence-corrected chi connectivity index (χ3v) is 9.15. The SMILES string of the molecule is N#Cc1ccc(CCNC(=O)C2CCN2c2cc(N3CCC(CCCC(=O)NC[C@@H](O)[C@H](O)[C@@H](O)[C@@H](O)CO)CC3)nc(C(F)(F)F)n2)cc1. The van der Waals surface area contributed by atoms with E-state index in [9.17, 15) is 43.2 Å². The number of nitrogens with zero attached hydrogens (tertiary/aromatic N) is 5. The normalized spacial score (nSPS) is 19.1. The first-order valence-corrected chi connectivity index (χ1v) is 16.6. The number of hydrogen-bond donors (Lipinski definition) is 7. The highest BCUT2D eigenvalue weighted by atomic mass is 19.4. The number of piperidine rings is 1. The zero-order valence-corrected chi connectivity index (χ0v) is 27.5. The van der Waals surface area contributed by atoms with Crippen LogP contribution in [0.5, 0.6) is 0 Å². The number of hydrogen-bond acceptors (Lipinski definition) is 12. The smallest absolute Gasteiger partial charge is 0.394 e. The summed E-state index contributed by atoms with van der Waals surface area (Å²) in [6.07, 6.45) is -7.90. The number of carbonyl (C=O) groups is 2. The molecule has 0 saturated carbocycles. The average Bonchev–Trinajstić information content (AvgIpc) is 3.09. The maximum Gasteiger partial charge on any atom is 0.451 e. The molecule has 2 aromatic rings. The Bertz CT molecular complexity index is 1470. The van der Waals surface area contributed by atoms with Crippen LogP contribution in [0.2, 0.25) is 0 Å². The zero-order valence-electron chi connectivity index (χ0n) is 27.5. The van der Waals surface area contributed by atoms with E-state index in [1.165, 1.54) is 6.07 Å². The van der Waals surface area contributed by atoms with Gasteiger partial charge in [0.2, 0.25) is 17.6 Å². The molecule has 274 valence electrons. The van der Waals surface area contributed by atoms with Crippen molar-refractivity contribution in [1.82, 2.24) is 20.6 Å². The summed E-state index contributed by atoms with van der Waals surface area (Å²) in [6, 6.07) is 9.86. The number of halogens is 3. The molecule has 7 N–H and O–H groups in total. The Labute approximate surface area is 287 Å². The summed E-state index contributed by atoms with van der Waals surface area (Å²) in [5.41, 5.74) is 1.47. The molecule has 14 nitrogen and oxygen atoms in total. The van der Waals surface area contributed by atoms with Gasteiger partial charge in [-0.25, -0.2) is 9.97 Å². The lowest BCUT2D eigenvalue weighted by molar-refractivity contribution is -0.144. The molecule has 17 heteroatoms. The molecule has 1 unspecified atom stereocenters. The molecular formula is C33H44F3N7O7. The molecule has 1 aromatic carbocycles. The Morgan fingerprint density at radius 1 is 0.960 bits per heavy atom. The predicted molar refractivity (Wildman–Crippen MR) is 174 cm³/mol. The molecule has 0 bridgehead atoms. The molecule has 50 heavy (non-hydrogen) atoms. The van der Waals surface area contributed by atoms with E-state index in [1.54, 1.807) is 34.1 Å². The summed E-state index contributed by atoms with van der Waals surface area (Å²) < 4.78 is 41.6. The number of nitrogens with one attached hydrogen (secondary N) is 2. The van der Waals surface area contributed by atoms with E-state index < -0.39 is 49.1 Å². The highest BCUT2D eigenvalue weighted by Crippen LogP contribution is 2.34. The second-order valence-electron chi connectivity index (χ2n) is 12.7. The molecule has 5 atom stereocenters. The van der Waals surface area contributed by atoms with Crippen molar-refractivity contribution in [3.63, 3.8) is 0 Å². The van der Waals surface area contributed by atoms with Gasteiger partial charge in [-0.15, -0.1) is 0 Å². The highest BCUT2D eigenvalue weighted by Gasteiger charge is 2.40. The number of anilines is 2. The Morgan fingerprint density at radius 2 is 1.62 bits per heavy atom. The summed E-state index contributed by atoms with van der Waals surface area (Å²) in [6.45, 7) is 0.399. The van der Waals surface area contributed by atoms with E-state index in [4.69, 9.17) is 10.4 Å². The third-order valence-electron chi connectivity index (χ3n) is 9.15. The lowest BCUT2D eigenvalue weighted by atomic mass is 9.91. The molecule has 2 aliphatic heterocycles. The second kappa shape index (κ2) is 17.7. The molecule has 2 saturated heterocycles. The fourth-order valence-corrected chi connectivity index (χ4v) is 5.98. The number of amides is 2. The summed E-state index contributed by atoms with van der Waals surface area (Å²) in [4.78, 5) is 36.1. The van der Waals surface area contributed by atoms with Crippen molar-refractivity contribution in [2.45, 2.75) is 81.6 Å². The van der Waals surface area contributed by atoms with E-state index in [-0.39, 0.29) is 42.3 Å². The van der Waals surface area contributed by atoms with Gasteiger partial charge in [0.15, 0.2) is 0 Å². The minimum atomic E-state index is -4.79. The Morgan fingerprint density at radius 3 is 2.22 bits per heavy atom. The lowest BCUT2D eigenvalue weighted by Crippen LogP contribution is -2.57. The number of rotatable bonds is 16. The average molecular weight is 708 g/mol. The summed E-state index contributed by atoms with van der Waals surface area (Å²) >= 11 is 0. The van der Waals surface area contributed by atoms with E-state index >= 15 is 0 Å². The van der Waals surface area contributed by atoms with Crippen LogP contribution in [0.25, 0.3) is 0 Å². The van der Waals surface area contributed by atoms with Crippen molar-refractivity contribution in [2.24, 2.45) is 5.92 Å². The number of carbonyl (C=O) groups excluding carboxylic acids is 2. The summed E-state index contributed by atoms with van der Waals surface area (Å²) in [5.74, 6) is -1.59. The number of aliphatic hydroxyl groups excluding tert-OH is 5. The molecule has 2 aliphatic rings. The number of benzene rings is 1. The largest absolute Gasteiger partial charge is 0.451 e. The molecular weight excluding hydrogens is 663 g/mol. The van der Waals surface area contributed by atoms with Crippen LogP contribution in [-0.2, 0) is 22.2 Å².